The van der Waals surface area contributed by atoms with Crippen molar-refractivity contribution in [3.8, 4) is 5.69 Å². The lowest BCUT2D eigenvalue weighted by atomic mass is 10.2. The van der Waals surface area contributed by atoms with Crippen molar-refractivity contribution in [3.63, 3.8) is 0 Å². The number of aromatic nitrogens is 4. The van der Waals surface area contributed by atoms with Crippen molar-refractivity contribution in [1.29, 1.82) is 0 Å². The van der Waals surface area contributed by atoms with Gasteiger partial charge in [0.25, 0.3) is 5.91 Å². The molecule has 2 N–H and O–H groups in total. The van der Waals surface area contributed by atoms with Crippen molar-refractivity contribution in [1.82, 2.24) is 20.0 Å². The zero-order valence-electron chi connectivity index (χ0n) is 16.2. The number of benzene rings is 1. The van der Waals surface area contributed by atoms with Gasteiger partial charge in [-0.3, -0.25) is 9.89 Å². The smallest absolute Gasteiger partial charge is 0.359 e. The maximum absolute atomic E-state index is 12.2. The Morgan fingerprint density at radius 2 is 1.93 bits per heavy atom. The summed E-state index contributed by atoms with van der Waals surface area (Å²) >= 11 is 0. The van der Waals surface area contributed by atoms with E-state index < -0.39 is 18.5 Å². The fourth-order valence-corrected chi connectivity index (χ4v) is 2.72. The molecule has 8 nitrogen and oxygen atoms in total. The molecule has 3 rings (SSSR count). The second kappa shape index (κ2) is 8.51. The van der Waals surface area contributed by atoms with Crippen LogP contribution >= 0.6 is 0 Å². The summed E-state index contributed by atoms with van der Waals surface area (Å²) in [6.07, 6.45) is 1.73. The van der Waals surface area contributed by atoms with Gasteiger partial charge in [-0.15, -0.1) is 0 Å². The van der Waals surface area contributed by atoms with Crippen molar-refractivity contribution in [2.24, 2.45) is 0 Å². The van der Waals surface area contributed by atoms with Gasteiger partial charge < -0.3 is 10.1 Å². The highest BCUT2D eigenvalue weighted by atomic mass is 16.5. The highest BCUT2D eigenvalue weighted by Gasteiger charge is 2.16. The van der Waals surface area contributed by atoms with E-state index in [1.54, 1.807) is 16.8 Å². The molecule has 0 aliphatic carbocycles. The van der Waals surface area contributed by atoms with Crippen molar-refractivity contribution in [2.45, 2.75) is 33.6 Å². The van der Waals surface area contributed by atoms with E-state index in [2.05, 4.69) is 20.6 Å². The number of rotatable bonds is 7. The Bertz CT molecular complexity index is 972. The highest BCUT2D eigenvalue weighted by Crippen LogP contribution is 2.17. The number of anilines is 1. The average molecular weight is 381 g/mol. The lowest BCUT2D eigenvalue weighted by Crippen LogP contribution is -2.22. The van der Waals surface area contributed by atoms with Crippen molar-refractivity contribution < 1.29 is 14.3 Å². The largest absolute Gasteiger partial charge is 0.451 e. The highest BCUT2D eigenvalue weighted by molar-refractivity contribution is 5.94. The first-order chi connectivity index (χ1) is 13.5. The third kappa shape index (κ3) is 4.64. The summed E-state index contributed by atoms with van der Waals surface area (Å²) in [7, 11) is 0. The van der Waals surface area contributed by atoms with Crippen LogP contribution in [0.15, 0.2) is 36.4 Å². The summed E-state index contributed by atoms with van der Waals surface area (Å²) in [4.78, 5) is 24.3. The molecule has 0 aliphatic heterocycles. The van der Waals surface area contributed by atoms with Gasteiger partial charge in [-0.2, -0.15) is 10.2 Å². The number of ether oxygens (including phenoxy) is 1. The maximum Gasteiger partial charge on any atom is 0.359 e. The first-order valence-corrected chi connectivity index (χ1v) is 9.11. The molecule has 0 radical (unpaired) electrons. The Kier molecular flexibility index (Phi) is 5.88. The van der Waals surface area contributed by atoms with Crippen LogP contribution in [-0.4, -0.2) is 38.5 Å². The quantitative estimate of drug-likeness (QED) is 0.613. The van der Waals surface area contributed by atoms with E-state index in [-0.39, 0.29) is 5.69 Å². The van der Waals surface area contributed by atoms with Crippen LogP contribution in [0.5, 0.6) is 0 Å². The summed E-state index contributed by atoms with van der Waals surface area (Å²) in [5.41, 5.74) is 3.73. The van der Waals surface area contributed by atoms with E-state index in [0.717, 1.165) is 35.5 Å². The predicted octanol–water partition coefficient (Wildman–Crippen LogP) is 2.96. The summed E-state index contributed by atoms with van der Waals surface area (Å²) in [5, 5.41) is 13.8. The molecule has 0 aliphatic rings. The van der Waals surface area contributed by atoms with Crippen molar-refractivity contribution in [3.05, 3.63) is 59.0 Å². The Morgan fingerprint density at radius 1 is 1.18 bits per heavy atom. The van der Waals surface area contributed by atoms with E-state index >= 15 is 0 Å². The number of aryl methyl sites for hydroxylation is 3. The molecule has 1 amide bonds. The molecule has 2 heterocycles. The van der Waals surface area contributed by atoms with Crippen molar-refractivity contribution >= 4 is 17.7 Å². The van der Waals surface area contributed by atoms with Crippen LogP contribution in [0.25, 0.3) is 5.69 Å². The molecule has 0 bridgehead atoms. The standard InChI is InChI=1S/C20H23N5O3/c1-4-5-15-11-17(23-22-15)20(27)28-12-19(26)21-18-10-14(3)24-25(18)16-8-6-13(2)7-9-16/h6-11H,4-5,12H2,1-3H3,(H,21,26)(H,22,23). The molecule has 3 aromatic rings. The van der Waals surface area contributed by atoms with Gasteiger partial charge in [0.1, 0.15) is 5.82 Å². The SMILES string of the molecule is CCCc1cc(C(=O)OCC(=O)Nc2cc(C)nn2-c2ccc(C)cc2)n[nH]1. The fraction of sp³-hybridized carbons (Fsp3) is 0.300. The number of hydrogen-bond acceptors (Lipinski definition) is 5. The van der Waals surface area contributed by atoms with Gasteiger partial charge in [0.15, 0.2) is 12.3 Å². The molecule has 8 heteroatoms. The van der Waals surface area contributed by atoms with Crippen LogP contribution in [0.3, 0.4) is 0 Å². The van der Waals surface area contributed by atoms with Crippen LogP contribution < -0.4 is 5.32 Å². The Hall–Kier alpha value is -3.42. The third-order valence-corrected chi connectivity index (χ3v) is 4.07. The van der Waals surface area contributed by atoms with Crippen molar-refractivity contribution in [2.75, 3.05) is 11.9 Å². The molecule has 1 aromatic carbocycles. The van der Waals surface area contributed by atoms with E-state index in [9.17, 15) is 9.59 Å². The minimum atomic E-state index is -0.642. The molecule has 0 saturated heterocycles. The second-order valence-electron chi connectivity index (χ2n) is 6.57. The third-order valence-electron chi connectivity index (χ3n) is 4.07. The first-order valence-electron chi connectivity index (χ1n) is 9.11. The van der Waals surface area contributed by atoms with E-state index in [1.165, 1.54) is 0 Å². The molecule has 0 spiro atoms. The molecule has 146 valence electrons. The van der Waals surface area contributed by atoms with Crippen LogP contribution in [-0.2, 0) is 16.0 Å². The summed E-state index contributed by atoms with van der Waals surface area (Å²) in [6.45, 7) is 5.46. The monoisotopic (exact) mass is 381 g/mol. The molecule has 0 atom stereocenters. The zero-order chi connectivity index (χ0) is 20.1. The van der Waals surface area contributed by atoms with Gasteiger partial charge in [0.05, 0.1) is 11.4 Å². The van der Waals surface area contributed by atoms with Gasteiger partial charge in [0, 0.05) is 11.8 Å². The first kappa shape index (κ1) is 19.3. The number of esters is 1. The summed E-state index contributed by atoms with van der Waals surface area (Å²) < 4.78 is 6.70. The number of nitrogens with one attached hydrogen (secondary N) is 2. The van der Waals surface area contributed by atoms with E-state index in [0.29, 0.717) is 5.82 Å². The van der Waals surface area contributed by atoms with Gasteiger partial charge >= 0.3 is 5.97 Å². The van der Waals surface area contributed by atoms with E-state index in [4.69, 9.17) is 4.74 Å². The van der Waals surface area contributed by atoms with E-state index in [1.807, 2.05) is 45.0 Å². The van der Waals surface area contributed by atoms with Crippen LogP contribution in [0, 0.1) is 13.8 Å². The Balaban J connectivity index is 1.62. The summed E-state index contributed by atoms with van der Waals surface area (Å²) in [5.74, 6) is -0.588. The van der Waals surface area contributed by atoms with Gasteiger partial charge in [-0.25, -0.2) is 9.48 Å². The molecular weight excluding hydrogens is 358 g/mol. The molecule has 28 heavy (non-hydrogen) atoms. The molecule has 0 unspecified atom stereocenters. The number of hydrogen-bond donors (Lipinski definition) is 2. The van der Waals surface area contributed by atoms with Crippen LogP contribution in [0.4, 0.5) is 5.82 Å². The zero-order valence-corrected chi connectivity index (χ0v) is 16.2. The average Bonchev–Trinajstić information content (AvgIpc) is 3.27. The molecular formula is C20H23N5O3. The maximum atomic E-state index is 12.2. The normalized spacial score (nSPS) is 10.7. The molecule has 0 saturated carbocycles. The van der Waals surface area contributed by atoms with Crippen LogP contribution in [0.1, 0.15) is 40.8 Å². The van der Waals surface area contributed by atoms with Crippen LogP contribution in [0.2, 0.25) is 0 Å². The van der Waals surface area contributed by atoms with Gasteiger partial charge in [0.2, 0.25) is 0 Å². The molecule has 2 aromatic heterocycles. The Morgan fingerprint density at radius 3 is 2.64 bits per heavy atom. The topological polar surface area (TPSA) is 102 Å². The second-order valence-corrected chi connectivity index (χ2v) is 6.57. The minimum Gasteiger partial charge on any atom is -0.451 e. The Labute approximate surface area is 162 Å². The number of H-pyrrole nitrogens is 1. The number of nitrogens with zero attached hydrogens (tertiary/aromatic N) is 3. The number of carbonyl (C=O) groups excluding carboxylic acids is 2. The lowest BCUT2D eigenvalue weighted by molar-refractivity contribution is -0.119. The minimum absolute atomic E-state index is 0.164. The lowest BCUT2D eigenvalue weighted by Gasteiger charge is -2.09. The van der Waals surface area contributed by atoms with Gasteiger partial charge in [-0.1, -0.05) is 31.0 Å². The summed E-state index contributed by atoms with van der Waals surface area (Å²) in [6, 6.07) is 11.2. The van der Waals surface area contributed by atoms with Gasteiger partial charge in [-0.05, 0) is 38.5 Å². The molecule has 0 fully saturated rings. The fourth-order valence-electron chi connectivity index (χ4n) is 2.72. The number of carbonyl (C=O) groups is 2. The predicted molar refractivity (Wildman–Crippen MR) is 105 cm³/mol. The number of aromatic amines is 1. The number of amides is 1.